The lowest BCUT2D eigenvalue weighted by Gasteiger charge is -2.10. The van der Waals surface area contributed by atoms with Gasteiger partial charge in [-0.15, -0.1) is 0 Å². The summed E-state index contributed by atoms with van der Waals surface area (Å²) >= 11 is 0. The van der Waals surface area contributed by atoms with Gasteiger partial charge in [-0.05, 0) is 48.4 Å². The maximum Gasteiger partial charge on any atom is 0.142 e. The number of ether oxygens (including phenoxy) is 1. The average molecular weight is 264 g/mol. The predicted molar refractivity (Wildman–Crippen MR) is 81.7 cm³/mol. The molecule has 0 aliphatic heterocycles. The summed E-state index contributed by atoms with van der Waals surface area (Å²) in [5, 5.41) is 1.12. The highest BCUT2D eigenvalue weighted by atomic mass is 16.5. The van der Waals surface area contributed by atoms with Crippen molar-refractivity contribution in [2.24, 2.45) is 0 Å². The topological polar surface area (TPSA) is 48.1 Å². The van der Waals surface area contributed by atoms with Gasteiger partial charge in [-0.25, -0.2) is 0 Å². The van der Waals surface area contributed by atoms with Crippen molar-refractivity contribution in [3.8, 4) is 5.75 Å². The molecule has 0 saturated carbocycles. The van der Waals surface area contributed by atoms with Crippen LogP contribution in [0.1, 0.15) is 11.1 Å². The number of hydrogen-bond acceptors (Lipinski definition) is 3. The molecule has 0 aliphatic carbocycles. The normalized spacial score (nSPS) is 10.7. The number of nitrogens with two attached hydrogens (primary N) is 1. The maximum atomic E-state index is 5.91. The Morgan fingerprint density at radius 2 is 2.00 bits per heavy atom. The molecule has 3 nitrogen and oxygen atoms in total. The summed E-state index contributed by atoms with van der Waals surface area (Å²) in [5.74, 6) is 0.733. The zero-order valence-electron chi connectivity index (χ0n) is 11.3. The van der Waals surface area contributed by atoms with Crippen molar-refractivity contribution in [1.82, 2.24) is 4.98 Å². The molecule has 0 unspecified atom stereocenters. The molecule has 0 fully saturated rings. The molecule has 20 heavy (non-hydrogen) atoms. The van der Waals surface area contributed by atoms with E-state index in [1.807, 2.05) is 49.4 Å². The van der Waals surface area contributed by atoms with Crippen molar-refractivity contribution >= 4 is 16.6 Å². The lowest BCUT2D eigenvalue weighted by Crippen LogP contribution is -1.99. The van der Waals surface area contributed by atoms with Crippen molar-refractivity contribution in [2.45, 2.75) is 13.5 Å². The van der Waals surface area contributed by atoms with E-state index in [1.54, 1.807) is 6.20 Å². The van der Waals surface area contributed by atoms with Gasteiger partial charge in [0, 0.05) is 11.6 Å². The number of nitrogen functional groups attached to an aromatic ring is 1. The Morgan fingerprint density at radius 1 is 1.10 bits per heavy atom. The van der Waals surface area contributed by atoms with Crippen LogP contribution < -0.4 is 10.5 Å². The van der Waals surface area contributed by atoms with E-state index in [4.69, 9.17) is 10.5 Å². The monoisotopic (exact) mass is 264 g/mol. The summed E-state index contributed by atoms with van der Waals surface area (Å²) in [4.78, 5) is 4.31. The molecular weight excluding hydrogens is 248 g/mol. The van der Waals surface area contributed by atoms with Crippen molar-refractivity contribution in [1.29, 1.82) is 0 Å². The second-order valence-corrected chi connectivity index (χ2v) is 4.86. The summed E-state index contributed by atoms with van der Waals surface area (Å²) < 4.78 is 5.81. The summed E-state index contributed by atoms with van der Waals surface area (Å²) in [6.07, 6.45) is 1.80. The number of fused-ring (bicyclic) bond motifs is 1. The smallest absolute Gasteiger partial charge is 0.142 e. The van der Waals surface area contributed by atoms with Gasteiger partial charge in [-0.1, -0.05) is 18.2 Å². The highest BCUT2D eigenvalue weighted by Crippen LogP contribution is 2.24. The molecule has 0 aliphatic rings. The Labute approximate surface area is 118 Å². The van der Waals surface area contributed by atoms with Crippen LogP contribution in [0.3, 0.4) is 0 Å². The molecule has 3 heteroatoms. The van der Waals surface area contributed by atoms with Crippen LogP contribution in [0.25, 0.3) is 10.9 Å². The molecule has 0 saturated heterocycles. The van der Waals surface area contributed by atoms with Gasteiger partial charge >= 0.3 is 0 Å². The van der Waals surface area contributed by atoms with Gasteiger partial charge in [0.15, 0.2) is 0 Å². The summed E-state index contributed by atoms with van der Waals surface area (Å²) in [6.45, 7) is 2.52. The summed E-state index contributed by atoms with van der Waals surface area (Å²) in [7, 11) is 0. The van der Waals surface area contributed by atoms with Crippen molar-refractivity contribution < 1.29 is 4.74 Å². The minimum atomic E-state index is 0.498. The zero-order valence-corrected chi connectivity index (χ0v) is 11.3. The third-order valence-electron chi connectivity index (χ3n) is 3.23. The van der Waals surface area contributed by atoms with Crippen LogP contribution in [0, 0.1) is 6.92 Å². The Kier molecular flexibility index (Phi) is 3.25. The van der Waals surface area contributed by atoms with E-state index in [-0.39, 0.29) is 0 Å². The fourth-order valence-corrected chi connectivity index (χ4v) is 2.14. The molecule has 100 valence electrons. The van der Waals surface area contributed by atoms with Gasteiger partial charge in [0.25, 0.3) is 0 Å². The lowest BCUT2D eigenvalue weighted by molar-refractivity contribution is 0.308. The first kappa shape index (κ1) is 12.5. The number of aromatic nitrogens is 1. The minimum Gasteiger partial charge on any atom is -0.487 e. The molecule has 0 spiro atoms. The molecule has 0 bridgehead atoms. The van der Waals surface area contributed by atoms with Crippen LogP contribution >= 0.6 is 0 Å². The number of pyridine rings is 1. The Morgan fingerprint density at radius 3 is 2.90 bits per heavy atom. The number of anilines is 1. The molecule has 2 aromatic carbocycles. The van der Waals surface area contributed by atoms with E-state index in [2.05, 4.69) is 11.1 Å². The fraction of sp³-hybridized carbons (Fsp3) is 0.118. The standard InChI is InChI=1S/C17H16N2O/c1-12-4-6-15(18)17(9-12)20-11-13-5-7-16-14(10-13)3-2-8-19-16/h2-10H,11,18H2,1H3. The van der Waals surface area contributed by atoms with Gasteiger partial charge in [0.05, 0.1) is 11.2 Å². The molecule has 3 aromatic rings. The first-order chi connectivity index (χ1) is 9.72. The zero-order chi connectivity index (χ0) is 13.9. The summed E-state index contributed by atoms with van der Waals surface area (Å²) in [5.41, 5.74) is 9.81. The Bertz CT molecular complexity index is 753. The molecule has 0 radical (unpaired) electrons. The van der Waals surface area contributed by atoms with E-state index in [0.29, 0.717) is 12.3 Å². The van der Waals surface area contributed by atoms with Crippen LogP contribution in [0.15, 0.2) is 54.7 Å². The van der Waals surface area contributed by atoms with Gasteiger partial charge < -0.3 is 10.5 Å². The van der Waals surface area contributed by atoms with Crippen molar-refractivity contribution in [2.75, 3.05) is 5.73 Å². The maximum absolute atomic E-state index is 5.91. The first-order valence-corrected chi connectivity index (χ1v) is 6.55. The molecule has 1 heterocycles. The summed E-state index contributed by atoms with van der Waals surface area (Å²) in [6, 6.07) is 15.9. The van der Waals surface area contributed by atoms with Crippen LogP contribution in [0.2, 0.25) is 0 Å². The third-order valence-corrected chi connectivity index (χ3v) is 3.23. The van der Waals surface area contributed by atoms with Gasteiger partial charge in [-0.3, -0.25) is 4.98 Å². The minimum absolute atomic E-state index is 0.498. The number of hydrogen-bond donors (Lipinski definition) is 1. The Hall–Kier alpha value is -2.55. The SMILES string of the molecule is Cc1ccc(N)c(OCc2ccc3ncccc3c2)c1. The molecule has 0 atom stereocenters. The van der Waals surface area contributed by atoms with E-state index in [1.165, 1.54) is 0 Å². The van der Waals surface area contributed by atoms with Crippen LogP contribution in [0.5, 0.6) is 5.75 Å². The predicted octanol–water partition coefficient (Wildman–Crippen LogP) is 3.70. The Balaban J connectivity index is 1.81. The van der Waals surface area contributed by atoms with Crippen LogP contribution in [0.4, 0.5) is 5.69 Å². The number of rotatable bonds is 3. The number of nitrogens with zero attached hydrogens (tertiary/aromatic N) is 1. The van der Waals surface area contributed by atoms with Gasteiger partial charge in [0.1, 0.15) is 12.4 Å². The van der Waals surface area contributed by atoms with Gasteiger partial charge in [0.2, 0.25) is 0 Å². The average Bonchev–Trinajstić information content (AvgIpc) is 2.48. The molecule has 3 rings (SSSR count). The number of benzene rings is 2. The van der Waals surface area contributed by atoms with Crippen LogP contribution in [-0.4, -0.2) is 4.98 Å². The molecular formula is C17H16N2O. The van der Waals surface area contributed by atoms with Crippen molar-refractivity contribution in [3.05, 3.63) is 65.9 Å². The van der Waals surface area contributed by atoms with Crippen molar-refractivity contribution in [3.63, 3.8) is 0 Å². The van der Waals surface area contributed by atoms with E-state index >= 15 is 0 Å². The third kappa shape index (κ3) is 2.57. The highest BCUT2D eigenvalue weighted by Gasteiger charge is 2.02. The van der Waals surface area contributed by atoms with Crippen LogP contribution in [-0.2, 0) is 6.61 Å². The molecule has 2 N–H and O–H groups in total. The largest absolute Gasteiger partial charge is 0.487 e. The highest BCUT2D eigenvalue weighted by molar-refractivity contribution is 5.78. The first-order valence-electron chi connectivity index (χ1n) is 6.55. The second-order valence-electron chi connectivity index (χ2n) is 4.86. The van der Waals surface area contributed by atoms with E-state index < -0.39 is 0 Å². The fourth-order valence-electron chi connectivity index (χ4n) is 2.14. The molecule has 1 aromatic heterocycles. The van der Waals surface area contributed by atoms with Gasteiger partial charge in [-0.2, -0.15) is 0 Å². The number of aryl methyl sites for hydroxylation is 1. The van der Waals surface area contributed by atoms with E-state index in [0.717, 1.165) is 27.8 Å². The lowest BCUT2D eigenvalue weighted by atomic mass is 10.1. The van der Waals surface area contributed by atoms with E-state index in [9.17, 15) is 0 Å². The molecule has 0 amide bonds. The second kappa shape index (κ2) is 5.21. The quantitative estimate of drug-likeness (QED) is 0.734.